The molecule has 0 radical (unpaired) electrons. The lowest BCUT2D eigenvalue weighted by molar-refractivity contribution is -0.153. The van der Waals surface area contributed by atoms with E-state index in [2.05, 4.69) is 11.4 Å². The Labute approximate surface area is 172 Å². The number of carbonyl (C=O) groups excluding carboxylic acids is 3. The zero-order chi connectivity index (χ0) is 20.7. The third-order valence-electron chi connectivity index (χ3n) is 3.95. The van der Waals surface area contributed by atoms with Crippen LogP contribution in [-0.4, -0.2) is 36.8 Å². The van der Waals surface area contributed by atoms with Crippen LogP contribution in [0.4, 0.5) is 0 Å². The summed E-state index contributed by atoms with van der Waals surface area (Å²) in [7, 11) is 0. The third kappa shape index (κ3) is 4.86. The Balaban J connectivity index is 2.51. The molecule has 0 bridgehead atoms. The molecule has 2 rings (SSSR count). The number of hydrogen-bond donors (Lipinski definition) is 1. The second-order valence-corrected chi connectivity index (χ2v) is 7.06. The van der Waals surface area contributed by atoms with E-state index < -0.39 is 29.7 Å². The molecule has 148 valence electrons. The minimum absolute atomic E-state index is 0.0893. The lowest BCUT2D eigenvalue weighted by Gasteiger charge is -2.31. The molecule has 2 atom stereocenters. The molecule has 1 aromatic carbocycles. The van der Waals surface area contributed by atoms with E-state index in [1.54, 1.807) is 38.1 Å². The standard InChI is InChI=1S/C19H19ClN2O5S/c1-3-26-14(23)10-28-18-12(9-21)15(11-7-5-6-8-13(11)20)16(17(24)22-18)19(25)27-4-2/h5-8,15-16H,3-4,10H2,1-2H3,(H,22,24)/t15-,16+/m0/s1. The fourth-order valence-corrected chi connectivity index (χ4v) is 3.92. The molecule has 0 fully saturated rings. The second-order valence-electron chi connectivity index (χ2n) is 5.67. The Morgan fingerprint density at radius 1 is 1.25 bits per heavy atom. The summed E-state index contributed by atoms with van der Waals surface area (Å²) >= 11 is 7.26. The normalized spacial score (nSPS) is 18.9. The first-order valence-corrected chi connectivity index (χ1v) is 9.95. The highest BCUT2D eigenvalue weighted by Gasteiger charge is 2.45. The van der Waals surface area contributed by atoms with Crippen LogP contribution < -0.4 is 5.32 Å². The first kappa shape index (κ1) is 21.8. The molecule has 0 spiro atoms. The summed E-state index contributed by atoms with van der Waals surface area (Å²) in [5.74, 6) is -4.11. The van der Waals surface area contributed by atoms with Gasteiger partial charge in [-0.1, -0.05) is 41.6 Å². The van der Waals surface area contributed by atoms with Crippen LogP contribution in [0.3, 0.4) is 0 Å². The molecular weight excluding hydrogens is 404 g/mol. The summed E-state index contributed by atoms with van der Waals surface area (Å²) in [6.45, 7) is 3.63. The molecule has 1 amide bonds. The molecule has 0 saturated carbocycles. The van der Waals surface area contributed by atoms with Crippen LogP contribution in [-0.2, 0) is 23.9 Å². The summed E-state index contributed by atoms with van der Waals surface area (Å²) < 4.78 is 9.92. The number of nitrogens with one attached hydrogen (secondary N) is 1. The molecule has 1 aliphatic rings. The first-order chi connectivity index (χ1) is 13.4. The van der Waals surface area contributed by atoms with Gasteiger partial charge >= 0.3 is 11.9 Å². The van der Waals surface area contributed by atoms with Crippen molar-refractivity contribution in [2.24, 2.45) is 5.92 Å². The Kier molecular flexibility index (Phi) is 7.91. The number of hydrogen-bond acceptors (Lipinski definition) is 7. The van der Waals surface area contributed by atoms with Crippen LogP contribution in [0.15, 0.2) is 34.9 Å². The maximum absolute atomic E-state index is 12.7. The monoisotopic (exact) mass is 422 g/mol. The fraction of sp³-hybridized carbons (Fsp3) is 0.368. The number of nitriles is 1. The van der Waals surface area contributed by atoms with Crippen molar-refractivity contribution in [3.63, 3.8) is 0 Å². The quantitative estimate of drug-likeness (QED) is 0.532. The van der Waals surface area contributed by atoms with Crippen molar-refractivity contribution in [3.8, 4) is 6.07 Å². The van der Waals surface area contributed by atoms with Crippen LogP contribution in [0.25, 0.3) is 0 Å². The van der Waals surface area contributed by atoms with Crippen LogP contribution in [0, 0.1) is 17.2 Å². The van der Waals surface area contributed by atoms with Crippen LogP contribution in [0.2, 0.25) is 5.02 Å². The van der Waals surface area contributed by atoms with E-state index in [0.29, 0.717) is 10.6 Å². The number of esters is 2. The first-order valence-electron chi connectivity index (χ1n) is 8.59. The number of nitrogens with zero attached hydrogens (tertiary/aromatic N) is 1. The largest absolute Gasteiger partial charge is 0.465 e. The van der Waals surface area contributed by atoms with Crippen molar-refractivity contribution < 1.29 is 23.9 Å². The van der Waals surface area contributed by atoms with E-state index in [1.165, 1.54) is 0 Å². The van der Waals surface area contributed by atoms with E-state index in [-0.39, 0.29) is 29.6 Å². The number of thioether (sulfide) groups is 1. The highest BCUT2D eigenvalue weighted by Crippen LogP contribution is 2.42. The summed E-state index contributed by atoms with van der Waals surface area (Å²) in [6.07, 6.45) is 0. The lowest BCUT2D eigenvalue weighted by atomic mass is 9.78. The molecule has 0 aliphatic carbocycles. The van der Waals surface area contributed by atoms with Gasteiger partial charge in [-0.15, -0.1) is 0 Å². The van der Waals surface area contributed by atoms with Crippen LogP contribution in [0.1, 0.15) is 25.3 Å². The van der Waals surface area contributed by atoms with Crippen LogP contribution in [0.5, 0.6) is 0 Å². The number of benzene rings is 1. The highest BCUT2D eigenvalue weighted by atomic mass is 35.5. The smallest absolute Gasteiger partial charge is 0.319 e. The van der Waals surface area contributed by atoms with Crippen molar-refractivity contribution in [2.45, 2.75) is 19.8 Å². The molecule has 1 aromatic rings. The lowest BCUT2D eigenvalue weighted by Crippen LogP contribution is -2.44. The van der Waals surface area contributed by atoms with Crippen molar-refractivity contribution in [1.82, 2.24) is 5.32 Å². The van der Waals surface area contributed by atoms with Crippen molar-refractivity contribution in [2.75, 3.05) is 19.0 Å². The average molecular weight is 423 g/mol. The number of ether oxygens (including phenoxy) is 2. The molecule has 0 saturated heterocycles. The van der Waals surface area contributed by atoms with E-state index in [4.69, 9.17) is 21.1 Å². The predicted molar refractivity (Wildman–Crippen MR) is 104 cm³/mol. The number of rotatable bonds is 7. The molecule has 1 N–H and O–H groups in total. The highest BCUT2D eigenvalue weighted by molar-refractivity contribution is 8.03. The third-order valence-corrected chi connectivity index (χ3v) is 5.28. The van der Waals surface area contributed by atoms with Gasteiger partial charge < -0.3 is 14.8 Å². The predicted octanol–water partition coefficient (Wildman–Crippen LogP) is 2.76. The molecule has 1 aliphatic heterocycles. The molecule has 7 nitrogen and oxygen atoms in total. The summed E-state index contributed by atoms with van der Waals surface area (Å²) in [6, 6.07) is 8.74. The number of amides is 1. The number of carbonyl (C=O) groups is 3. The zero-order valence-corrected chi connectivity index (χ0v) is 16.9. The number of allylic oxidation sites excluding steroid dienone is 1. The van der Waals surface area contributed by atoms with Crippen LogP contribution >= 0.6 is 23.4 Å². The Morgan fingerprint density at radius 3 is 2.54 bits per heavy atom. The van der Waals surface area contributed by atoms with Gasteiger partial charge in [-0.05, 0) is 25.5 Å². The topological polar surface area (TPSA) is 105 Å². The van der Waals surface area contributed by atoms with Crippen molar-refractivity contribution in [3.05, 3.63) is 45.5 Å². The average Bonchev–Trinajstić information content (AvgIpc) is 2.66. The maximum atomic E-state index is 12.7. The van der Waals surface area contributed by atoms with Crippen molar-refractivity contribution in [1.29, 1.82) is 5.26 Å². The Hall–Kier alpha value is -2.50. The minimum Gasteiger partial charge on any atom is -0.465 e. The van der Waals surface area contributed by atoms with E-state index in [9.17, 15) is 19.6 Å². The van der Waals surface area contributed by atoms with E-state index in [1.807, 2.05) is 0 Å². The summed E-state index contributed by atoms with van der Waals surface area (Å²) in [5, 5.41) is 12.9. The molecule has 0 aromatic heterocycles. The zero-order valence-electron chi connectivity index (χ0n) is 15.4. The maximum Gasteiger partial charge on any atom is 0.319 e. The van der Waals surface area contributed by atoms with Gasteiger partial charge in [0.1, 0.15) is 5.92 Å². The van der Waals surface area contributed by atoms with Crippen molar-refractivity contribution >= 4 is 41.2 Å². The number of halogens is 1. The van der Waals surface area contributed by atoms with Gasteiger partial charge in [0.25, 0.3) is 0 Å². The summed E-state index contributed by atoms with van der Waals surface area (Å²) in [4.78, 5) is 36.9. The van der Waals surface area contributed by atoms with E-state index in [0.717, 1.165) is 11.8 Å². The van der Waals surface area contributed by atoms with Gasteiger partial charge in [0.15, 0.2) is 0 Å². The molecular formula is C19H19ClN2O5S. The minimum atomic E-state index is -1.26. The molecule has 1 heterocycles. The Bertz CT molecular complexity index is 849. The van der Waals surface area contributed by atoms with Gasteiger partial charge in [-0.2, -0.15) is 5.26 Å². The molecule has 28 heavy (non-hydrogen) atoms. The fourth-order valence-electron chi connectivity index (χ4n) is 2.82. The summed E-state index contributed by atoms with van der Waals surface area (Å²) in [5.41, 5.74) is 0.600. The SMILES string of the molecule is CCOC(=O)CSC1=C(C#N)[C@H](c2ccccc2Cl)[C@@H](C(=O)OCC)C(=O)N1. The second kappa shape index (κ2) is 10.2. The van der Waals surface area contributed by atoms with Gasteiger partial charge in [0, 0.05) is 10.9 Å². The van der Waals surface area contributed by atoms with E-state index >= 15 is 0 Å². The van der Waals surface area contributed by atoms with Gasteiger partial charge in [0.2, 0.25) is 5.91 Å². The van der Waals surface area contributed by atoms with Gasteiger partial charge in [-0.3, -0.25) is 14.4 Å². The molecule has 0 unspecified atom stereocenters. The van der Waals surface area contributed by atoms with Gasteiger partial charge in [0.05, 0.1) is 35.6 Å². The van der Waals surface area contributed by atoms with Gasteiger partial charge in [-0.25, -0.2) is 0 Å². The Morgan fingerprint density at radius 2 is 1.93 bits per heavy atom. The molecule has 9 heteroatoms.